The van der Waals surface area contributed by atoms with Gasteiger partial charge in [0.25, 0.3) is 0 Å². The summed E-state index contributed by atoms with van der Waals surface area (Å²) < 4.78 is 1.68. The minimum Gasteiger partial charge on any atom is -0.325 e. The normalized spacial score (nSPS) is 10.8. The SMILES string of the molecule is Cc1ccc(NC(=O)CSc2nnnn2-c2cc(C)ccc2C)c(C)c1. The molecule has 1 N–H and O–H groups in total. The molecule has 0 radical (unpaired) electrons. The van der Waals surface area contributed by atoms with Gasteiger partial charge in [0.05, 0.1) is 11.4 Å². The molecule has 0 aliphatic rings. The van der Waals surface area contributed by atoms with E-state index < -0.39 is 0 Å². The van der Waals surface area contributed by atoms with Crippen molar-refractivity contribution >= 4 is 23.4 Å². The number of benzene rings is 2. The molecule has 0 bridgehead atoms. The monoisotopic (exact) mass is 367 g/mol. The molecule has 0 aliphatic carbocycles. The van der Waals surface area contributed by atoms with Crippen molar-refractivity contribution in [3.05, 3.63) is 58.7 Å². The number of hydrogen-bond acceptors (Lipinski definition) is 5. The van der Waals surface area contributed by atoms with Crippen molar-refractivity contribution in [1.29, 1.82) is 0 Å². The predicted molar refractivity (Wildman–Crippen MR) is 104 cm³/mol. The van der Waals surface area contributed by atoms with Crippen LogP contribution in [0.2, 0.25) is 0 Å². The lowest BCUT2D eigenvalue weighted by atomic mass is 10.1. The van der Waals surface area contributed by atoms with E-state index in [0.29, 0.717) is 5.16 Å². The molecule has 3 rings (SSSR count). The number of thioether (sulfide) groups is 1. The minimum absolute atomic E-state index is 0.0857. The van der Waals surface area contributed by atoms with Crippen LogP contribution in [-0.4, -0.2) is 31.9 Å². The quantitative estimate of drug-likeness (QED) is 0.697. The number of anilines is 1. The number of aromatic nitrogens is 4. The van der Waals surface area contributed by atoms with Crippen LogP contribution in [0.5, 0.6) is 0 Å². The Hall–Kier alpha value is -2.67. The van der Waals surface area contributed by atoms with E-state index >= 15 is 0 Å². The largest absolute Gasteiger partial charge is 0.325 e. The lowest BCUT2D eigenvalue weighted by Gasteiger charge is -2.10. The number of nitrogens with one attached hydrogen (secondary N) is 1. The van der Waals surface area contributed by atoms with E-state index in [9.17, 15) is 4.79 Å². The molecule has 0 unspecified atom stereocenters. The van der Waals surface area contributed by atoms with Gasteiger partial charge >= 0.3 is 0 Å². The third-order valence-electron chi connectivity index (χ3n) is 4.02. The van der Waals surface area contributed by atoms with Gasteiger partial charge in [0, 0.05) is 5.69 Å². The van der Waals surface area contributed by atoms with Gasteiger partial charge in [-0.3, -0.25) is 4.79 Å². The summed E-state index contributed by atoms with van der Waals surface area (Å²) in [6, 6.07) is 12.1. The van der Waals surface area contributed by atoms with Crippen molar-refractivity contribution in [3.8, 4) is 5.69 Å². The zero-order valence-corrected chi connectivity index (χ0v) is 16.1. The average Bonchev–Trinajstić information content (AvgIpc) is 3.06. The van der Waals surface area contributed by atoms with Crippen LogP contribution < -0.4 is 5.32 Å². The molecule has 3 aromatic rings. The molecule has 0 fully saturated rings. The van der Waals surface area contributed by atoms with Crippen LogP contribution in [0.4, 0.5) is 5.69 Å². The fourth-order valence-corrected chi connectivity index (χ4v) is 3.32. The molecule has 0 saturated carbocycles. The Bertz CT molecular complexity index is 951. The fraction of sp³-hybridized carbons (Fsp3) is 0.263. The summed E-state index contributed by atoms with van der Waals surface area (Å²) in [7, 11) is 0. The highest BCUT2D eigenvalue weighted by atomic mass is 32.2. The summed E-state index contributed by atoms with van der Waals surface area (Å²) in [6.07, 6.45) is 0. The summed E-state index contributed by atoms with van der Waals surface area (Å²) in [6.45, 7) is 8.05. The average molecular weight is 367 g/mol. The maximum atomic E-state index is 12.3. The molecule has 26 heavy (non-hydrogen) atoms. The zero-order chi connectivity index (χ0) is 18.7. The molecule has 0 aliphatic heterocycles. The first-order chi connectivity index (χ1) is 12.4. The number of carbonyl (C=O) groups is 1. The van der Waals surface area contributed by atoms with E-state index in [2.05, 4.69) is 20.8 Å². The van der Waals surface area contributed by atoms with Crippen LogP contribution in [-0.2, 0) is 4.79 Å². The lowest BCUT2D eigenvalue weighted by Crippen LogP contribution is -2.15. The first kappa shape index (κ1) is 18.1. The molecule has 1 aromatic heterocycles. The van der Waals surface area contributed by atoms with Gasteiger partial charge in [-0.15, -0.1) is 5.10 Å². The highest BCUT2D eigenvalue weighted by molar-refractivity contribution is 7.99. The third-order valence-corrected chi connectivity index (χ3v) is 4.94. The highest BCUT2D eigenvalue weighted by Crippen LogP contribution is 2.22. The second-order valence-corrected chi connectivity index (χ2v) is 7.26. The number of rotatable bonds is 5. The number of nitrogens with zero attached hydrogens (tertiary/aromatic N) is 4. The number of aryl methyl sites for hydroxylation is 4. The van der Waals surface area contributed by atoms with Crippen molar-refractivity contribution in [2.24, 2.45) is 0 Å². The third kappa shape index (κ3) is 4.11. The lowest BCUT2D eigenvalue weighted by molar-refractivity contribution is -0.113. The van der Waals surface area contributed by atoms with Gasteiger partial charge in [0.2, 0.25) is 11.1 Å². The van der Waals surface area contributed by atoms with Crippen LogP contribution in [0, 0.1) is 27.7 Å². The van der Waals surface area contributed by atoms with Gasteiger partial charge in [-0.2, -0.15) is 4.68 Å². The van der Waals surface area contributed by atoms with Crippen LogP contribution in [0.1, 0.15) is 22.3 Å². The fourth-order valence-electron chi connectivity index (χ4n) is 2.64. The molecule has 134 valence electrons. The van der Waals surface area contributed by atoms with E-state index in [1.807, 2.05) is 64.1 Å². The highest BCUT2D eigenvalue weighted by Gasteiger charge is 2.14. The van der Waals surface area contributed by atoms with Crippen molar-refractivity contribution in [2.75, 3.05) is 11.1 Å². The summed E-state index contributed by atoms with van der Waals surface area (Å²) in [5.41, 5.74) is 6.17. The Kier molecular flexibility index (Phi) is 5.37. The molecule has 0 atom stereocenters. The molecular formula is C19H21N5OS. The van der Waals surface area contributed by atoms with Gasteiger partial charge in [0.1, 0.15) is 0 Å². The first-order valence-corrected chi connectivity index (χ1v) is 9.28. The van der Waals surface area contributed by atoms with Gasteiger partial charge in [-0.25, -0.2) is 0 Å². The smallest absolute Gasteiger partial charge is 0.234 e. The van der Waals surface area contributed by atoms with E-state index in [1.165, 1.54) is 17.3 Å². The molecular weight excluding hydrogens is 346 g/mol. The summed E-state index contributed by atoms with van der Waals surface area (Å²) in [5, 5.41) is 15.4. The van der Waals surface area contributed by atoms with Gasteiger partial charge in [-0.05, 0) is 66.9 Å². The molecule has 1 amide bonds. The van der Waals surface area contributed by atoms with Crippen molar-refractivity contribution in [1.82, 2.24) is 20.2 Å². The second-order valence-electron chi connectivity index (χ2n) is 6.32. The van der Waals surface area contributed by atoms with E-state index in [4.69, 9.17) is 0 Å². The summed E-state index contributed by atoms with van der Waals surface area (Å²) in [4.78, 5) is 12.3. The number of tetrazole rings is 1. The van der Waals surface area contributed by atoms with Crippen LogP contribution in [0.15, 0.2) is 41.6 Å². The number of carbonyl (C=O) groups excluding carboxylic acids is 1. The maximum absolute atomic E-state index is 12.3. The van der Waals surface area contributed by atoms with Gasteiger partial charge in [-0.1, -0.05) is 41.6 Å². The molecule has 0 spiro atoms. The van der Waals surface area contributed by atoms with Crippen LogP contribution in [0.25, 0.3) is 5.69 Å². The van der Waals surface area contributed by atoms with Crippen LogP contribution in [0.3, 0.4) is 0 Å². The maximum Gasteiger partial charge on any atom is 0.234 e. The molecule has 2 aromatic carbocycles. The van der Waals surface area contributed by atoms with Crippen molar-refractivity contribution in [3.63, 3.8) is 0 Å². The zero-order valence-electron chi connectivity index (χ0n) is 15.3. The van der Waals surface area contributed by atoms with Crippen LogP contribution >= 0.6 is 11.8 Å². The number of hydrogen-bond donors (Lipinski definition) is 1. The molecule has 6 nitrogen and oxygen atoms in total. The standard InChI is InChI=1S/C19H21N5OS/c1-12-6-8-16(15(4)9-12)20-18(25)11-26-19-21-22-23-24(19)17-10-13(2)5-7-14(17)3/h5-10H,11H2,1-4H3,(H,20,25). The Balaban J connectivity index is 1.70. The second kappa shape index (κ2) is 7.70. The number of amides is 1. The Morgan fingerprint density at radius 3 is 2.54 bits per heavy atom. The Labute approximate surface area is 157 Å². The van der Waals surface area contributed by atoms with Gasteiger partial charge < -0.3 is 5.32 Å². The summed E-state index contributed by atoms with van der Waals surface area (Å²) >= 11 is 1.31. The topological polar surface area (TPSA) is 72.7 Å². The van der Waals surface area contributed by atoms with Crippen molar-refractivity contribution in [2.45, 2.75) is 32.9 Å². The van der Waals surface area contributed by atoms with Gasteiger partial charge in [0.15, 0.2) is 0 Å². The van der Waals surface area contributed by atoms with Crippen molar-refractivity contribution < 1.29 is 4.79 Å². The first-order valence-electron chi connectivity index (χ1n) is 8.30. The predicted octanol–water partition coefficient (Wildman–Crippen LogP) is 3.63. The molecule has 1 heterocycles. The Morgan fingerprint density at radius 1 is 1.04 bits per heavy atom. The van der Waals surface area contributed by atoms with E-state index in [0.717, 1.165) is 28.1 Å². The molecule has 0 saturated heterocycles. The van der Waals surface area contributed by atoms with E-state index in [-0.39, 0.29) is 11.7 Å². The minimum atomic E-state index is -0.0857. The van der Waals surface area contributed by atoms with E-state index in [1.54, 1.807) is 4.68 Å². The Morgan fingerprint density at radius 2 is 1.77 bits per heavy atom. The summed E-state index contributed by atoms with van der Waals surface area (Å²) in [5.74, 6) is 0.149. The molecule has 7 heteroatoms.